The number of nitrogens with zero attached hydrogens (tertiary/aromatic N) is 3. The lowest BCUT2D eigenvalue weighted by atomic mass is 10.0. The van der Waals surface area contributed by atoms with E-state index in [9.17, 15) is 0 Å². The van der Waals surface area contributed by atoms with E-state index in [4.69, 9.17) is 4.74 Å². The Bertz CT molecular complexity index is 443. The highest BCUT2D eigenvalue weighted by Gasteiger charge is 2.25. The summed E-state index contributed by atoms with van der Waals surface area (Å²) in [5, 5.41) is 0. The molecule has 0 atom stereocenters. The van der Waals surface area contributed by atoms with Crippen molar-refractivity contribution in [3.05, 3.63) is 24.0 Å². The Morgan fingerprint density at radius 3 is 2.71 bits per heavy atom. The maximum absolute atomic E-state index is 5.27. The fourth-order valence-electron chi connectivity index (χ4n) is 3.28. The summed E-state index contributed by atoms with van der Waals surface area (Å²) in [5.41, 5.74) is 1.11. The van der Waals surface area contributed by atoms with E-state index in [0.29, 0.717) is 0 Å². The largest absolute Gasteiger partial charge is 0.497 e. The second kappa shape index (κ2) is 7.47. The number of thioether (sulfide) groups is 1. The van der Waals surface area contributed by atoms with Gasteiger partial charge in [0.1, 0.15) is 5.75 Å². The van der Waals surface area contributed by atoms with E-state index in [1.807, 2.05) is 18.3 Å². The first-order chi connectivity index (χ1) is 10.3. The van der Waals surface area contributed by atoms with Crippen molar-refractivity contribution in [3.63, 3.8) is 0 Å². The zero-order chi connectivity index (χ0) is 14.5. The molecule has 2 aliphatic heterocycles. The zero-order valence-electron chi connectivity index (χ0n) is 12.8. The first-order valence-electron chi connectivity index (χ1n) is 7.88. The minimum absolute atomic E-state index is 0.806. The van der Waals surface area contributed by atoms with Crippen molar-refractivity contribution in [2.75, 3.05) is 44.8 Å². The van der Waals surface area contributed by atoms with E-state index in [0.717, 1.165) is 24.0 Å². The van der Waals surface area contributed by atoms with E-state index >= 15 is 0 Å². The van der Waals surface area contributed by atoms with Crippen LogP contribution in [-0.4, -0.2) is 65.6 Å². The quantitative estimate of drug-likeness (QED) is 0.849. The molecule has 0 unspecified atom stereocenters. The lowest BCUT2D eigenvalue weighted by Gasteiger charge is -2.40. The lowest BCUT2D eigenvalue weighted by Crippen LogP contribution is -2.47. The summed E-state index contributed by atoms with van der Waals surface area (Å²) in [6, 6.07) is 4.76. The summed E-state index contributed by atoms with van der Waals surface area (Å²) >= 11 is 2.10. The van der Waals surface area contributed by atoms with Gasteiger partial charge in [-0.2, -0.15) is 11.8 Å². The van der Waals surface area contributed by atoms with Crippen LogP contribution >= 0.6 is 11.8 Å². The number of hydrogen-bond donors (Lipinski definition) is 0. The molecule has 0 radical (unpaired) electrons. The standard InChI is InChI=1S/C16H25N3OS/c1-20-16-2-5-17-14(12-16)13-18-6-3-15(4-7-18)19-8-10-21-11-9-19/h2,5,12,15H,3-4,6-11,13H2,1H3. The Morgan fingerprint density at radius 2 is 2.00 bits per heavy atom. The molecule has 0 amide bonds. The molecule has 2 saturated heterocycles. The van der Waals surface area contributed by atoms with E-state index < -0.39 is 0 Å². The number of methoxy groups -OCH3 is 1. The Balaban J connectivity index is 1.48. The van der Waals surface area contributed by atoms with E-state index in [1.54, 1.807) is 7.11 Å². The number of ether oxygens (including phenoxy) is 1. The normalized spacial score (nSPS) is 22.3. The monoisotopic (exact) mass is 307 g/mol. The van der Waals surface area contributed by atoms with Crippen LogP contribution in [0.5, 0.6) is 5.75 Å². The van der Waals surface area contributed by atoms with Crippen molar-refractivity contribution in [3.8, 4) is 5.75 Å². The third kappa shape index (κ3) is 4.11. The molecule has 0 spiro atoms. The third-order valence-electron chi connectivity index (χ3n) is 4.53. The van der Waals surface area contributed by atoms with Gasteiger partial charge in [-0.05, 0) is 18.9 Å². The maximum Gasteiger partial charge on any atom is 0.122 e. The van der Waals surface area contributed by atoms with Gasteiger partial charge in [0.05, 0.1) is 12.8 Å². The van der Waals surface area contributed by atoms with Crippen LogP contribution in [0.3, 0.4) is 0 Å². The molecular weight excluding hydrogens is 282 g/mol. The van der Waals surface area contributed by atoms with Crippen LogP contribution in [0.2, 0.25) is 0 Å². The number of likely N-dealkylation sites (tertiary alicyclic amines) is 1. The molecule has 116 valence electrons. The Morgan fingerprint density at radius 1 is 1.24 bits per heavy atom. The number of hydrogen-bond acceptors (Lipinski definition) is 5. The van der Waals surface area contributed by atoms with Gasteiger partial charge in [-0.3, -0.25) is 14.8 Å². The second-order valence-corrected chi connectivity index (χ2v) is 7.07. The van der Waals surface area contributed by atoms with Gasteiger partial charge >= 0.3 is 0 Å². The van der Waals surface area contributed by atoms with Crippen LogP contribution in [0.25, 0.3) is 0 Å². The number of rotatable bonds is 4. The van der Waals surface area contributed by atoms with E-state index in [2.05, 4.69) is 26.5 Å². The van der Waals surface area contributed by atoms with Gasteiger partial charge in [0.25, 0.3) is 0 Å². The first-order valence-corrected chi connectivity index (χ1v) is 9.03. The fourth-order valence-corrected chi connectivity index (χ4v) is 4.22. The van der Waals surface area contributed by atoms with Crippen molar-refractivity contribution in [1.82, 2.24) is 14.8 Å². The molecular formula is C16H25N3OS. The van der Waals surface area contributed by atoms with Crippen LogP contribution in [0.1, 0.15) is 18.5 Å². The van der Waals surface area contributed by atoms with Crippen molar-refractivity contribution in [2.45, 2.75) is 25.4 Å². The predicted molar refractivity (Wildman–Crippen MR) is 88.0 cm³/mol. The molecule has 0 aromatic carbocycles. The maximum atomic E-state index is 5.27. The molecule has 5 heteroatoms. The molecule has 3 rings (SSSR count). The molecule has 3 heterocycles. The van der Waals surface area contributed by atoms with Crippen LogP contribution in [0, 0.1) is 0 Å². The van der Waals surface area contributed by atoms with E-state index in [-0.39, 0.29) is 0 Å². The molecule has 1 aromatic heterocycles. The molecule has 0 bridgehead atoms. The molecule has 1 aromatic rings. The zero-order valence-corrected chi connectivity index (χ0v) is 13.6. The van der Waals surface area contributed by atoms with Crippen LogP contribution in [0.15, 0.2) is 18.3 Å². The molecule has 21 heavy (non-hydrogen) atoms. The number of piperidine rings is 1. The SMILES string of the molecule is COc1ccnc(CN2CCC(N3CCSCC3)CC2)c1. The molecule has 4 nitrogen and oxygen atoms in total. The Kier molecular flexibility index (Phi) is 5.38. The van der Waals surface area contributed by atoms with Gasteiger partial charge in [0, 0.05) is 62.5 Å². The number of pyridine rings is 1. The van der Waals surface area contributed by atoms with Gasteiger partial charge in [-0.1, -0.05) is 0 Å². The van der Waals surface area contributed by atoms with Crippen LogP contribution in [-0.2, 0) is 6.54 Å². The topological polar surface area (TPSA) is 28.6 Å². The van der Waals surface area contributed by atoms with Gasteiger partial charge in [-0.15, -0.1) is 0 Å². The second-order valence-electron chi connectivity index (χ2n) is 5.84. The first kappa shape index (κ1) is 15.1. The van der Waals surface area contributed by atoms with Crippen molar-refractivity contribution in [2.24, 2.45) is 0 Å². The smallest absolute Gasteiger partial charge is 0.122 e. The van der Waals surface area contributed by atoms with Gasteiger partial charge in [0.2, 0.25) is 0 Å². The molecule has 2 fully saturated rings. The summed E-state index contributed by atoms with van der Waals surface area (Å²) in [6.07, 6.45) is 4.44. The van der Waals surface area contributed by atoms with Gasteiger partial charge in [-0.25, -0.2) is 0 Å². The summed E-state index contributed by atoms with van der Waals surface area (Å²) in [7, 11) is 1.71. The fraction of sp³-hybridized carbons (Fsp3) is 0.688. The number of aromatic nitrogens is 1. The molecule has 0 saturated carbocycles. The molecule has 0 N–H and O–H groups in total. The Labute approximate surface area is 131 Å². The third-order valence-corrected chi connectivity index (χ3v) is 5.47. The van der Waals surface area contributed by atoms with Crippen LogP contribution < -0.4 is 4.74 Å². The summed E-state index contributed by atoms with van der Waals surface area (Å²) in [6.45, 7) is 5.89. The predicted octanol–water partition coefficient (Wildman–Crippen LogP) is 2.10. The average Bonchev–Trinajstić information content (AvgIpc) is 2.56. The minimum atomic E-state index is 0.806. The average molecular weight is 307 g/mol. The minimum Gasteiger partial charge on any atom is -0.497 e. The van der Waals surface area contributed by atoms with Crippen molar-refractivity contribution < 1.29 is 4.74 Å². The summed E-state index contributed by atoms with van der Waals surface area (Å²) in [5.74, 6) is 3.53. The highest BCUT2D eigenvalue weighted by molar-refractivity contribution is 7.99. The van der Waals surface area contributed by atoms with E-state index in [1.165, 1.54) is 50.5 Å². The summed E-state index contributed by atoms with van der Waals surface area (Å²) < 4.78 is 5.27. The van der Waals surface area contributed by atoms with Crippen LogP contribution in [0.4, 0.5) is 0 Å². The Hall–Kier alpha value is -0.780. The van der Waals surface area contributed by atoms with Gasteiger partial charge < -0.3 is 4.74 Å². The van der Waals surface area contributed by atoms with Crippen molar-refractivity contribution in [1.29, 1.82) is 0 Å². The highest BCUT2D eigenvalue weighted by Crippen LogP contribution is 2.21. The summed E-state index contributed by atoms with van der Waals surface area (Å²) in [4.78, 5) is 9.69. The molecule has 0 aliphatic carbocycles. The molecule has 2 aliphatic rings. The highest BCUT2D eigenvalue weighted by atomic mass is 32.2. The van der Waals surface area contributed by atoms with Gasteiger partial charge in [0.15, 0.2) is 0 Å². The van der Waals surface area contributed by atoms with Crippen molar-refractivity contribution >= 4 is 11.8 Å². The lowest BCUT2D eigenvalue weighted by molar-refractivity contribution is 0.111.